The van der Waals surface area contributed by atoms with Crippen molar-refractivity contribution >= 4 is 0 Å². The second kappa shape index (κ2) is 4.99. The number of ether oxygens (including phenoxy) is 1. The van der Waals surface area contributed by atoms with Crippen molar-refractivity contribution in [3.63, 3.8) is 0 Å². The number of nitrogens with one attached hydrogen (secondary N) is 1. The van der Waals surface area contributed by atoms with E-state index in [4.69, 9.17) is 16.2 Å². The number of nitrogens with two attached hydrogens (primary N) is 2. The van der Waals surface area contributed by atoms with Crippen LogP contribution < -0.4 is 16.8 Å². The lowest BCUT2D eigenvalue weighted by Gasteiger charge is -2.38. The highest BCUT2D eigenvalue weighted by molar-refractivity contribution is 4.97. The van der Waals surface area contributed by atoms with Crippen molar-refractivity contribution in [3.8, 4) is 0 Å². The van der Waals surface area contributed by atoms with E-state index in [0.29, 0.717) is 6.42 Å². The van der Waals surface area contributed by atoms with E-state index in [0.717, 1.165) is 0 Å². The molecule has 14 heavy (non-hydrogen) atoms. The normalized spacial score (nSPS) is 43.9. The Morgan fingerprint density at radius 1 is 1.50 bits per heavy atom. The van der Waals surface area contributed by atoms with Crippen LogP contribution in [-0.4, -0.2) is 49.3 Å². The maximum Gasteiger partial charge on any atom is 0.155 e. The first-order valence-electron chi connectivity index (χ1n) is 4.67. The molecule has 84 valence electrons. The SMILES string of the molecule is CNCO[C@@H]1C(N)C[C@@H](N)C(O)C1F. The third kappa shape index (κ3) is 2.40. The van der Waals surface area contributed by atoms with Gasteiger partial charge >= 0.3 is 0 Å². The second-order valence-corrected chi connectivity index (χ2v) is 3.63. The standard InChI is InChI=1S/C8H18FN3O2/c1-12-3-14-8-5(11)2-4(10)7(13)6(8)9/h4-8,12-13H,2-3,10-11H2,1H3/t4-,5?,6?,7?,8-/m1/s1. The molecule has 0 bridgehead atoms. The molecule has 0 radical (unpaired) electrons. The number of hydrogen-bond donors (Lipinski definition) is 4. The predicted molar refractivity (Wildman–Crippen MR) is 50.3 cm³/mol. The molecule has 1 fully saturated rings. The van der Waals surface area contributed by atoms with E-state index in [2.05, 4.69) is 5.32 Å². The lowest BCUT2D eigenvalue weighted by Crippen LogP contribution is -2.60. The molecular formula is C8H18FN3O2. The van der Waals surface area contributed by atoms with Gasteiger partial charge in [0.15, 0.2) is 6.17 Å². The first-order valence-corrected chi connectivity index (χ1v) is 4.67. The van der Waals surface area contributed by atoms with Gasteiger partial charge in [0.25, 0.3) is 0 Å². The van der Waals surface area contributed by atoms with Crippen LogP contribution in [0.3, 0.4) is 0 Å². The lowest BCUT2D eigenvalue weighted by molar-refractivity contribution is -0.0969. The number of hydrogen-bond acceptors (Lipinski definition) is 5. The van der Waals surface area contributed by atoms with E-state index in [-0.39, 0.29) is 6.73 Å². The maximum atomic E-state index is 13.5. The fourth-order valence-electron chi connectivity index (χ4n) is 1.65. The summed E-state index contributed by atoms with van der Waals surface area (Å²) in [6, 6.07) is -1.06. The highest BCUT2D eigenvalue weighted by Crippen LogP contribution is 2.23. The third-order valence-electron chi connectivity index (χ3n) is 2.47. The Morgan fingerprint density at radius 3 is 2.71 bits per heavy atom. The van der Waals surface area contributed by atoms with E-state index in [9.17, 15) is 9.50 Å². The summed E-state index contributed by atoms with van der Waals surface area (Å²) in [6.07, 6.45) is -3.10. The van der Waals surface area contributed by atoms with Crippen molar-refractivity contribution in [2.75, 3.05) is 13.8 Å². The quantitative estimate of drug-likeness (QED) is 0.414. The van der Waals surface area contributed by atoms with Crippen LogP contribution in [0.5, 0.6) is 0 Å². The Morgan fingerprint density at radius 2 is 2.14 bits per heavy atom. The molecule has 5 nitrogen and oxygen atoms in total. The van der Waals surface area contributed by atoms with Crippen LogP contribution in [0.2, 0.25) is 0 Å². The highest BCUT2D eigenvalue weighted by atomic mass is 19.1. The number of alkyl halides is 1. The van der Waals surface area contributed by atoms with Crippen LogP contribution in [0.1, 0.15) is 6.42 Å². The Bertz CT molecular complexity index is 184. The zero-order valence-electron chi connectivity index (χ0n) is 8.19. The van der Waals surface area contributed by atoms with Gasteiger partial charge in [-0.3, -0.25) is 5.32 Å². The molecule has 0 aromatic rings. The molecule has 0 aliphatic heterocycles. The summed E-state index contributed by atoms with van der Waals surface area (Å²) in [5.74, 6) is 0. The molecule has 1 saturated carbocycles. The van der Waals surface area contributed by atoms with E-state index in [1.165, 1.54) is 0 Å². The monoisotopic (exact) mass is 207 g/mol. The summed E-state index contributed by atoms with van der Waals surface area (Å²) in [5, 5.41) is 12.1. The van der Waals surface area contributed by atoms with Crippen molar-refractivity contribution in [1.82, 2.24) is 5.32 Å². The molecule has 1 aliphatic rings. The van der Waals surface area contributed by atoms with Gasteiger partial charge in [0.05, 0.1) is 6.73 Å². The second-order valence-electron chi connectivity index (χ2n) is 3.63. The van der Waals surface area contributed by atoms with Gasteiger partial charge in [-0.05, 0) is 13.5 Å². The van der Waals surface area contributed by atoms with Gasteiger partial charge in [-0.25, -0.2) is 4.39 Å². The summed E-state index contributed by atoms with van der Waals surface area (Å²) in [7, 11) is 1.68. The predicted octanol–water partition coefficient (Wildman–Crippen LogP) is -1.69. The highest BCUT2D eigenvalue weighted by Gasteiger charge is 2.42. The van der Waals surface area contributed by atoms with Crippen LogP contribution in [0.25, 0.3) is 0 Å². The largest absolute Gasteiger partial charge is 0.388 e. The third-order valence-corrected chi connectivity index (χ3v) is 2.47. The molecule has 0 heterocycles. The Labute approximate surface area is 82.6 Å². The Hall–Kier alpha value is -0.270. The van der Waals surface area contributed by atoms with Crippen molar-refractivity contribution in [3.05, 3.63) is 0 Å². The molecule has 0 saturated heterocycles. The van der Waals surface area contributed by atoms with Gasteiger partial charge in [0.1, 0.15) is 12.2 Å². The van der Waals surface area contributed by atoms with Crippen LogP contribution in [-0.2, 0) is 4.74 Å². The number of aliphatic hydroxyl groups excluding tert-OH is 1. The first-order chi connectivity index (χ1) is 6.57. The van der Waals surface area contributed by atoms with E-state index >= 15 is 0 Å². The van der Waals surface area contributed by atoms with Gasteiger partial charge in [-0.15, -0.1) is 0 Å². The summed E-state index contributed by atoms with van der Waals surface area (Å²) in [5.41, 5.74) is 11.2. The molecule has 0 amide bonds. The van der Waals surface area contributed by atoms with E-state index in [1.807, 2.05) is 0 Å². The first kappa shape index (κ1) is 11.8. The average molecular weight is 207 g/mol. The zero-order valence-corrected chi connectivity index (χ0v) is 8.19. The van der Waals surface area contributed by atoms with Crippen LogP contribution in [0.15, 0.2) is 0 Å². The van der Waals surface area contributed by atoms with Crippen molar-refractivity contribution in [2.45, 2.75) is 36.9 Å². The molecule has 5 atom stereocenters. The smallest absolute Gasteiger partial charge is 0.155 e. The summed E-state index contributed by atoms with van der Waals surface area (Å²) < 4.78 is 18.7. The minimum Gasteiger partial charge on any atom is -0.388 e. The van der Waals surface area contributed by atoms with Crippen LogP contribution in [0, 0.1) is 0 Å². The van der Waals surface area contributed by atoms with Crippen LogP contribution >= 0.6 is 0 Å². The van der Waals surface area contributed by atoms with Crippen LogP contribution in [0.4, 0.5) is 4.39 Å². The number of aliphatic hydroxyl groups is 1. The van der Waals surface area contributed by atoms with Gasteiger partial charge in [0, 0.05) is 12.1 Å². The molecule has 6 heteroatoms. The molecule has 1 rings (SSSR count). The van der Waals surface area contributed by atoms with E-state index in [1.54, 1.807) is 7.05 Å². The Balaban J connectivity index is 2.55. The van der Waals surface area contributed by atoms with Gasteiger partial charge in [-0.1, -0.05) is 0 Å². The summed E-state index contributed by atoms with van der Waals surface area (Å²) in [4.78, 5) is 0. The molecular weight excluding hydrogens is 189 g/mol. The van der Waals surface area contributed by atoms with Crippen molar-refractivity contribution in [1.29, 1.82) is 0 Å². The zero-order chi connectivity index (χ0) is 10.7. The molecule has 1 aliphatic carbocycles. The number of halogens is 1. The Kier molecular flexibility index (Phi) is 4.21. The average Bonchev–Trinajstić information content (AvgIpc) is 2.14. The van der Waals surface area contributed by atoms with Crippen molar-refractivity contribution in [2.24, 2.45) is 11.5 Å². The molecule has 0 aromatic heterocycles. The molecule has 0 aromatic carbocycles. The molecule has 0 spiro atoms. The van der Waals surface area contributed by atoms with Crippen molar-refractivity contribution < 1.29 is 14.2 Å². The molecule has 6 N–H and O–H groups in total. The summed E-state index contributed by atoms with van der Waals surface area (Å²) >= 11 is 0. The van der Waals surface area contributed by atoms with Gasteiger partial charge in [-0.2, -0.15) is 0 Å². The van der Waals surface area contributed by atoms with Gasteiger partial charge in [0.2, 0.25) is 0 Å². The fraction of sp³-hybridized carbons (Fsp3) is 1.00. The maximum absolute atomic E-state index is 13.5. The van der Waals surface area contributed by atoms with Gasteiger partial charge < -0.3 is 21.3 Å². The van der Waals surface area contributed by atoms with E-state index < -0.39 is 30.5 Å². The lowest BCUT2D eigenvalue weighted by atomic mass is 9.85. The minimum atomic E-state index is -1.51. The molecule has 3 unspecified atom stereocenters. The fourth-order valence-corrected chi connectivity index (χ4v) is 1.65. The number of rotatable bonds is 3. The topological polar surface area (TPSA) is 93.5 Å². The summed E-state index contributed by atoms with van der Waals surface area (Å²) in [6.45, 7) is 0.209. The minimum absolute atomic E-state index is 0.209.